The highest BCUT2D eigenvalue weighted by atomic mass is 16.4. The Labute approximate surface area is 117 Å². The maximum Gasteiger partial charge on any atom is 0.315 e. The summed E-state index contributed by atoms with van der Waals surface area (Å²) in [6, 6.07) is -0.437. The third-order valence-electron chi connectivity index (χ3n) is 2.95. The van der Waals surface area contributed by atoms with Crippen LogP contribution in [0.2, 0.25) is 0 Å². The van der Waals surface area contributed by atoms with Crippen LogP contribution in [0.4, 0.5) is 4.79 Å². The third-order valence-corrected chi connectivity index (χ3v) is 2.95. The standard InChI is InChI=1S/C13H21N3O4/c1-4-9-5-14-11(20-9)7-16-13(19)15-6-10(8(2)3)12(17)18/h5,8,10H,4,6-7H2,1-3H3,(H,17,18)(H2,15,16,19). The van der Waals surface area contributed by atoms with Gasteiger partial charge in [0, 0.05) is 13.0 Å². The van der Waals surface area contributed by atoms with Gasteiger partial charge in [0.1, 0.15) is 5.76 Å². The Balaban J connectivity index is 2.34. The predicted octanol–water partition coefficient (Wildman–Crippen LogP) is 1.39. The maximum absolute atomic E-state index is 11.6. The van der Waals surface area contributed by atoms with Gasteiger partial charge in [0.25, 0.3) is 0 Å². The van der Waals surface area contributed by atoms with Crippen LogP contribution in [0.15, 0.2) is 10.6 Å². The van der Waals surface area contributed by atoms with E-state index in [0.29, 0.717) is 5.89 Å². The largest absolute Gasteiger partial charge is 0.481 e. The Morgan fingerprint density at radius 1 is 1.40 bits per heavy atom. The highest BCUT2D eigenvalue weighted by molar-refractivity contribution is 5.75. The Hall–Kier alpha value is -2.05. The van der Waals surface area contributed by atoms with Crippen molar-refractivity contribution in [2.75, 3.05) is 6.54 Å². The van der Waals surface area contributed by atoms with E-state index in [-0.39, 0.29) is 19.0 Å². The molecule has 1 rings (SSSR count). The number of hydrogen-bond donors (Lipinski definition) is 3. The molecule has 2 amide bonds. The Morgan fingerprint density at radius 3 is 2.60 bits per heavy atom. The van der Waals surface area contributed by atoms with Crippen LogP contribution in [0.1, 0.15) is 32.4 Å². The van der Waals surface area contributed by atoms with Crippen molar-refractivity contribution in [1.82, 2.24) is 15.6 Å². The zero-order chi connectivity index (χ0) is 15.1. The summed E-state index contributed by atoms with van der Waals surface area (Å²) < 4.78 is 5.34. The summed E-state index contributed by atoms with van der Waals surface area (Å²) in [7, 11) is 0. The lowest BCUT2D eigenvalue weighted by Gasteiger charge is -2.16. The first-order valence-corrected chi connectivity index (χ1v) is 6.62. The lowest BCUT2D eigenvalue weighted by molar-refractivity contribution is -0.142. The van der Waals surface area contributed by atoms with Crippen LogP contribution >= 0.6 is 0 Å². The fourth-order valence-corrected chi connectivity index (χ4v) is 1.62. The minimum absolute atomic E-state index is 0.0494. The molecule has 3 N–H and O–H groups in total. The molecule has 1 unspecified atom stereocenters. The normalized spacial score (nSPS) is 12.2. The molecule has 0 radical (unpaired) electrons. The van der Waals surface area contributed by atoms with Crippen molar-refractivity contribution < 1.29 is 19.1 Å². The number of carboxylic acid groups (broad SMARTS) is 1. The van der Waals surface area contributed by atoms with E-state index in [1.165, 1.54) is 0 Å². The molecule has 7 nitrogen and oxygen atoms in total. The number of carbonyl (C=O) groups is 2. The summed E-state index contributed by atoms with van der Waals surface area (Å²) in [6.07, 6.45) is 2.36. The molecule has 0 bridgehead atoms. The van der Waals surface area contributed by atoms with Gasteiger partial charge in [-0.25, -0.2) is 9.78 Å². The lowest BCUT2D eigenvalue weighted by atomic mass is 9.96. The van der Waals surface area contributed by atoms with E-state index < -0.39 is 17.9 Å². The number of aryl methyl sites for hydroxylation is 1. The molecule has 112 valence electrons. The minimum atomic E-state index is -0.916. The first-order chi connectivity index (χ1) is 9.43. The van der Waals surface area contributed by atoms with E-state index >= 15 is 0 Å². The third kappa shape index (κ3) is 4.91. The average Bonchev–Trinajstić information content (AvgIpc) is 2.83. The molecule has 0 aliphatic rings. The first-order valence-electron chi connectivity index (χ1n) is 6.62. The number of urea groups is 1. The van der Waals surface area contributed by atoms with Gasteiger partial charge in [-0.2, -0.15) is 0 Å². The molecule has 0 fully saturated rings. The van der Waals surface area contributed by atoms with Crippen LogP contribution in [-0.4, -0.2) is 28.6 Å². The summed E-state index contributed by atoms with van der Waals surface area (Å²) in [4.78, 5) is 26.5. The minimum Gasteiger partial charge on any atom is -0.481 e. The van der Waals surface area contributed by atoms with Crippen molar-refractivity contribution in [1.29, 1.82) is 0 Å². The number of nitrogens with zero attached hydrogens (tertiary/aromatic N) is 1. The molecule has 1 aromatic heterocycles. The van der Waals surface area contributed by atoms with Crippen LogP contribution in [-0.2, 0) is 17.8 Å². The SMILES string of the molecule is CCc1cnc(CNC(=O)NCC(C(=O)O)C(C)C)o1. The molecule has 0 saturated carbocycles. The fraction of sp³-hybridized carbons (Fsp3) is 0.615. The molecule has 0 aliphatic carbocycles. The van der Waals surface area contributed by atoms with Gasteiger partial charge in [0.2, 0.25) is 5.89 Å². The number of hydrogen-bond acceptors (Lipinski definition) is 4. The number of carbonyl (C=O) groups excluding carboxylic acids is 1. The number of aromatic nitrogens is 1. The zero-order valence-corrected chi connectivity index (χ0v) is 12.0. The molecular weight excluding hydrogens is 262 g/mol. The van der Waals surface area contributed by atoms with Crippen molar-refractivity contribution in [2.24, 2.45) is 11.8 Å². The molecule has 0 aliphatic heterocycles. The van der Waals surface area contributed by atoms with Crippen LogP contribution in [0, 0.1) is 11.8 Å². The topological polar surface area (TPSA) is 104 Å². The van der Waals surface area contributed by atoms with Gasteiger partial charge in [0.05, 0.1) is 18.7 Å². The number of carboxylic acids is 1. The van der Waals surface area contributed by atoms with Gasteiger partial charge >= 0.3 is 12.0 Å². The van der Waals surface area contributed by atoms with E-state index in [2.05, 4.69) is 15.6 Å². The van der Waals surface area contributed by atoms with Crippen molar-refractivity contribution in [3.8, 4) is 0 Å². The monoisotopic (exact) mass is 283 g/mol. The van der Waals surface area contributed by atoms with Crippen LogP contribution in [0.25, 0.3) is 0 Å². The molecule has 1 atom stereocenters. The second-order valence-corrected chi connectivity index (χ2v) is 4.83. The Kier molecular flexibility index (Phi) is 6.02. The van der Waals surface area contributed by atoms with Gasteiger partial charge in [-0.1, -0.05) is 20.8 Å². The van der Waals surface area contributed by atoms with Gasteiger partial charge in [0.15, 0.2) is 0 Å². The zero-order valence-electron chi connectivity index (χ0n) is 12.0. The van der Waals surface area contributed by atoms with Crippen molar-refractivity contribution >= 4 is 12.0 Å². The summed E-state index contributed by atoms with van der Waals surface area (Å²) in [5, 5.41) is 14.1. The molecular formula is C13H21N3O4. The van der Waals surface area contributed by atoms with Crippen molar-refractivity contribution in [3.63, 3.8) is 0 Å². The van der Waals surface area contributed by atoms with E-state index in [1.54, 1.807) is 20.0 Å². The van der Waals surface area contributed by atoms with Crippen LogP contribution in [0.5, 0.6) is 0 Å². The van der Waals surface area contributed by atoms with E-state index in [9.17, 15) is 9.59 Å². The number of oxazole rings is 1. The smallest absolute Gasteiger partial charge is 0.315 e. The van der Waals surface area contributed by atoms with Gasteiger partial charge < -0.3 is 20.2 Å². The highest BCUT2D eigenvalue weighted by Gasteiger charge is 2.21. The van der Waals surface area contributed by atoms with Crippen molar-refractivity contribution in [3.05, 3.63) is 17.8 Å². The van der Waals surface area contributed by atoms with Gasteiger partial charge in [-0.15, -0.1) is 0 Å². The van der Waals surface area contributed by atoms with E-state index in [0.717, 1.165) is 12.2 Å². The summed E-state index contributed by atoms with van der Waals surface area (Å²) in [5.74, 6) is -0.384. The molecule has 7 heteroatoms. The summed E-state index contributed by atoms with van der Waals surface area (Å²) in [5.41, 5.74) is 0. The van der Waals surface area contributed by atoms with E-state index in [4.69, 9.17) is 9.52 Å². The quantitative estimate of drug-likeness (QED) is 0.701. The van der Waals surface area contributed by atoms with Crippen LogP contribution < -0.4 is 10.6 Å². The predicted molar refractivity (Wildman–Crippen MR) is 72.1 cm³/mol. The lowest BCUT2D eigenvalue weighted by Crippen LogP contribution is -2.41. The average molecular weight is 283 g/mol. The molecule has 0 spiro atoms. The highest BCUT2D eigenvalue weighted by Crippen LogP contribution is 2.09. The molecule has 20 heavy (non-hydrogen) atoms. The number of rotatable bonds is 7. The van der Waals surface area contributed by atoms with Gasteiger partial charge in [-0.05, 0) is 5.92 Å². The summed E-state index contributed by atoms with van der Waals surface area (Å²) in [6.45, 7) is 5.81. The molecule has 1 heterocycles. The Bertz CT molecular complexity index is 456. The second kappa shape index (κ2) is 7.52. The molecule has 0 saturated heterocycles. The maximum atomic E-state index is 11.6. The second-order valence-electron chi connectivity index (χ2n) is 4.83. The van der Waals surface area contributed by atoms with Crippen LogP contribution in [0.3, 0.4) is 0 Å². The van der Waals surface area contributed by atoms with Gasteiger partial charge in [-0.3, -0.25) is 4.79 Å². The first kappa shape index (κ1) is 16.0. The van der Waals surface area contributed by atoms with E-state index in [1.807, 2.05) is 6.92 Å². The molecule has 1 aromatic rings. The fourth-order valence-electron chi connectivity index (χ4n) is 1.62. The number of amides is 2. The number of nitrogens with one attached hydrogen (secondary N) is 2. The number of aliphatic carboxylic acids is 1. The Morgan fingerprint density at radius 2 is 2.10 bits per heavy atom. The summed E-state index contributed by atoms with van der Waals surface area (Å²) >= 11 is 0. The van der Waals surface area contributed by atoms with Crippen molar-refractivity contribution in [2.45, 2.75) is 33.7 Å². The molecule has 0 aromatic carbocycles.